The molecular formula is C26H20ClN5O. The number of aromatic nitrogens is 3. The predicted molar refractivity (Wildman–Crippen MR) is 134 cm³/mol. The Kier molecular flexibility index (Phi) is 5.74. The molecule has 2 aromatic heterocycles. The molecule has 0 saturated carbocycles. The fraction of sp³-hybridized carbons (Fsp3) is 0.0385. The maximum absolute atomic E-state index is 11.9. The number of amides is 1. The molecule has 0 atom stereocenters. The number of rotatable bonds is 6. The lowest BCUT2D eigenvalue weighted by molar-refractivity contribution is -0.111. The van der Waals surface area contributed by atoms with Gasteiger partial charge in [-0.15, -0.1) is 0 Å². The van der Waals surface area contributed by atoms with Gasteiger partial charge in [-0.1, -0.05) is 48.0 Å². The van der Waals surface area contributed by atoms with Crippen molar-refractivity contribution >= 4 is 56.5 Å². The summed E-state index contributed by atoms with van der Waals surface area (Å²) in [6.45, 7) is 0.796. The van der Waals surface area contributed by atoms with Crippen molar-refractivity contribution in [3.63, 3.8) is 0 Å². The average Bonchev–Trinajstić information content (AvgIpc) is 3.22. The number of benzene rings is 3. The number of hydrogen-bond acceptors (Lipinski definition) is 4. The molecule has 0 fully saturated rings. The van der Waals surface area contributed by atoms with Crippen LogP contribution in [0.4, 0.5) is 17.2 Å². The van der Waals surface area contributed by atoms with Crippen LogP contribution in [0, 0.1) is 0 Å². The van der Waals surface area contributed by atoms with Crippen LogP contribution in [0.2, 0.25) is 0 Å². The fourth-order valence-corrected chi connectivity index (χ4v) is 3.91. The Balaban J connectivity index is 1.46. The third kappa shape index (κ3) is 4.56. The molecule has 2 N–H and O–H groups in total. The first-order chi connectivity index (χ1) is 16.2. The van der Waals surface area contributed by atoms with E-state index in [1.165, 1.54) is 28.9 Å². The van der Waals surface area contributed by atoms with Crippen molar-refractivity contribution in [2.45, 2.75) is 6.54 Å². The maximum Gasteiger partial charge on any atom is 0.249 e. The summed E-state index contributed by atoms with van der Waals surface area (Å²) in [5, 5.41) is 8.16. The number of fused-ring (bicyclic) bond motifs is 2. The Bertz CT molecular complexity index is 1480. The van der Waals surface area contributed by atoms with Gasteiger partial charge < -0.3 is 15.2 Å². The summed E-state index contributed by atoms with van der Waals surface area (Å²) in [7, 11) is 0. The van der Waals surface area contributed by atoms with Gasteiger partial charge in [0, 0.05) is 41.1 Å². The molecule has 3 aromatic carbocycles. The van der Waals surface area contributed by atoms with Gasteiger partial charge in [-0.25, -0.2) is 9.97 Å². The topological polar surface area (TPSA) is 71.8 Å². The van der Waals surface area contributed by atoms with Gasteiger partial charge in [-0.3, -0.25) is 4.79 Å². The molecule has 0 aliphatic rings. The Labute approximate surface area is 195 Å². The van der Waals surface area contributed by atoms with Crippen molar-refractivity contribution in [2.75, 3.05) is 10.6 Å². The highest BCUT2D eigenvalue weighted by Gasteiger charge is 2.09. The average molecular weight is 454 g/mol. The molecule has 0 bridgehead atoms. The van der Waals surface area contributed by atoms with E-state index < -0.39 is 0 Å². The molecule has 0 spiro atoms. The Morgan fingerprint density at radius 2 is 1.82 bits per heavy atom. The molecule has 2 heterocycles. The van der Waals surface area contributed by atoms with Gasteiger partial charge in [0.15, 0.2) is 0 Å². The molecule has 0 radical (unpaired) electrons. The van der Waals surface area contributed by atoms with Crippen LogP contribution in [0.15, 0.2) is 96.9 Å². The minimum atomic E-state index is -0.305. The lowest BCUT2D eigenvalue weighted by Gasteiger charge is -2.11. The predicted octanol–water partition coefficient (Wildman–Crippen LogP) is 6.07. The van der Waals surface area contributed by atoms with Gasteiger partial charge in [-0.05, 0) is 47.3 Å². The zero-order valence-corrected chi connectivity index (χ0v) is 18.3. The molecule has 0 unspecified atom stereocenters. The molecule has 5 rings (SSSR count). The van der Waals surface area contributed by atoms with Crippen molar-refractivity contribution in [2.24, 2.45) is 0 Å². The van der Waals surface area contributed by atoms with E-state index in [4.69, 9.17) is 11.6 Å². The Morgan fingerprint density at radius 3 is 2.67 bits per heavy atom. The minimum Gasteiger partial charge on any atom is -0.343 e. The van der Waals surface area contributed by atoms with E-state index in [0.29, 0.717) is 11.5 Å². The van der Waals surface area contributed by atoms with E-state index in [2.05, 4.69) is 73.8 Å². The lowest BCUT2D eigenvalue weighted by atomic mass is 10.2. The van der Waals surface area contributed by atoms with Crippen molar-refractivity contribution in [3.05, 3.63) is 102 Å². The maximum atomic E-state index is 11.9. The number of hydrogen-bond donors (Lipinski definition) is 2. The van der Waals surface area contributed by atoms with Crippen LogP contribution >= 0.6 is 11.6 Å². The van der Waals surface area contributed by atoms with E-state index in [9.17, 15) is 4.79 Å². The zero-order chi connectivity index (χ0) is 22.6. The highest BCUT2D eigenvalue weighted by Crippen LogP contribution is 2.28. The third-order valence-corrected chi connectivity index (χ3v) is 5.48. The van der Waals surface area contributed by atoms with Gasteiger partial charge in [0.25, 0.3) is 0 Å². The van der Waals surface area contributed by atoms with Crippen molar-refractivity contribution in [1.82, 2.24) is 14.5 Å². The van der Waals surface area contributed by atoms with Crippen LogP contribution < -0.4 is 10.6 Å². The SMILES string of the molecule is O=C(C=CCl)Nc1ccc2ncnc(Nc3ccc4ccn(Cc5ccccc5)c4c3)c2c1. The van der Waals surface area contributed by atoms with E-state index in [1.807, 2.05) is 24.3 Å². The smallest absolute Gasteiger partial charge is 0.249 e. The van der Waals surface area contributed by atoms with Crippen molar-refractivity contribution in [3.8, 4) is 0 Å². The van der Waals surface area contributed by atoms with Gasteiger partial charge >= 0.3 is 0 Å². The number of nitrogens with zero attached hydrogens (tertiary/aromatic N) is 3. The molecular weight excluding hydrogens is 434 g/mol. The molecule has 162 valence electrons. The van der Waals surface area contributed by atoms with Crippen LogP contribution in [0.5, 0.6) is 0 Å². The first-order valence-electron chi connectivity index (χ1n) is 10.4. The second-order valence-corrected chi connectivity index (χ2v) is 7.82. The second-order valence-electron chi connectivity index (χ2n) is 7.56. The van der Waals surface area contributed by atoms with Gasteiger partial charge in [0.2, 0.25) is 5.91 Å². The van der Waals surface area contributed by atoms with E-state index in [1.54, 1.807) is 6.07 Å². The highest BCUT2D eigenvalue weighted by molar-refractivity contribution is 6.27. The fourth-order valence-electron chi connectivity index (χ4n) is 3.79. The summed E-state index contributed by atoms with van der Waals surface area (Å²) in [5.74, 6) is 0.352. The van der Waals surface area contributed by atoms with Crippen molar-refractivity contribution < 1.29 is 4.79 Å². The van der Waals surface area contributed by atoms with Gasteiger partial charge in [-0.2, -0.15) is 0 Å². The van der Waals surface area contributed by atoms with Gasteiger partial charge in [0.1, 0.15) is 12.1 Å². The summed E-state index contributed by atoms with van der Waals surface area (Å²) >= 11 is 5.49. The monoisotopic (exact) mass is 453 g/mol. The lowest BCUT2D eigenvalue weighted by Crippen LogP contribution is -2.07. The summed E-state index contributed by atoms with van der Waals surface area (Å²) in [6.07, 6.45) is 4.88. The van der Waals surface area contributed by atoms with E-state index in [0.717, 1.165) is 28.7 Å². The molecule has 5 aromatic rings. The molecule has 0 aliphatic heterocycles. The summed E-state index contributed by atoms with van der Waals surface area (Å²) < 4.78 is 2.23. The molecule has 0 saturated heterocycles. The Morgan fingerprint density at radius 1 is 0.970 bits per heavy atom. The minimum absolute atomic E-state index is 0.305. The van der Waals surface area contributed by atoms with Crippen LogP contribution in [0.3, 0.4) is 0 Å². The Hall–Kier alpha value is -4.16. The standard InChI is InChI=1S/C26H20ClN5O/c27-12-10-25(33)30-20-8-9-23-22(14-20)26(29-17-28-23)31-21-7-6-19-11-13-32(24(19)15-21)16-18-4-2-1-3-5-18/h1-15,17H,16H2,(H,30,33)(H,28,29,31). The first-order valence-corrected chi connectivity index (χ1v) is 10.9. The van der Waals surface area contributed by atoms with E-state index >= 15 is 0 Å². The summed E-state index contributed by atoms with van der Waals surface area (Å²) in [6, 6.07) is 24.2. The van der Waals surface area contributed by atoms with Gasteiger partial charge in [0.05, 0.1) is 11.0 Å². The van der Waals surface area contributed by atoms with Crippen LogP contribution in [0.25, 0.3) is 21.8 Å². The quantitative estimate of drug-likeness (QED) is 0.306. The molecule has 7 heteroatoms. The first kappa shape index (κ1) is 20.7. The molecule has 33 heavy (non-hydrogen) atoms. The highest BCUT2D eigenvalue weighted by atomic mass is 35.5. The largest absolute Gasteiger partial charge is 0.343 e. The van der Waals surface area contributed by atoms with Crippen LogP contribution in [0.1, 0.15) is 5.56 Å². The second kappa shape index (κ2) is 9.14. The van der Waals surface area contributed by atoms with Crippen molar-refractivity contribution in [1.29, 1.82) is 0 Å². The number of anilines is 3. The van der Waals surface area contributed by atoms with E-state index in [-0.39, 0.29) is 5.91 Å². The third-order valence-electron chi connectivity index (χ3n) is 5.35. The number of carbonyl (C=O) groups excluding carboxylic acids is 1. The molecule has 1 amide bonds. The van der Waals surface area contributed by atoms with Crippen LogP contribution in [-0.2, 0) is 11.3 Å². The normalized spacial score (nSPS) is 11.3. The number of halogens is 1. The number of nitrogens with one attached hydrogen (secondary N) is 2. The number of carbonyl (C=O) groups is 1. The van der Waals surface area contributed by atoms with Crippen LogP contribution in [-0.4, -0.2) is 20.4 Å². The zero-order valence-electron chi connectivity index (χ0n) is 17.6. The summed E-state index contributed by atoms with van der Waals surface area (Å²) in [4.78, 5) is 20.6. The summed E-state index contributed by atoms with van der Waals surface area (Å²) in [5.41, 5.74) is 5.86. The molecule has 6 nitrogen and oxygen atoms in total. The molecule has 0 aliphatic carbocycles.